The Hall–Kier alpha value is -2.34. The van der Waals surface area contributed by atoms with Gasteiger partial charge in [0.1, 0.15) is 5.03 Å². The van der Waals surface area contributed by atoms with Crippen LogP contribution >= 0.6 is 11.8 Å². The summed E-state index contributed by atoms with van der Waals surface area (Å²) in [6, 6.07) is 13.5. The minimum atomic E-state index is -0.289. The van der Waals surface area contributed by atoms with E-state index < -0.39 is 0 Å². The van der Waals surface area contributed by atoms with Gasteiger partial charge in [0.15, 0.2) is 0 Å². The summed E-state index contributed by atoms with van der Waals surface area (Å²) in [6.07, 6.45) is 3.71. The molecule has 0 radical (unpaired) electrons. The maximum absolute atomic E-state index is 12.3. The zero-order chi connectivity index (χ0) is 16.1. The monoisotopic (exact) mass is 327 g/mol. The van der Waals surface area contributed by atoms with Gasteiger partial charge in [0.05, 0.1) is 12.1 Å². The van der Waals surface area contributed by atoms with E-state index in [9.17, 15) is 9.59 Å². The maximum atomic E-state index is 12.3. The number of nitrogens with one attached hydrogen (secondary N) is 2. The van der Waals surface area contributed by atoms with E-state index in [2.05, 4.69) is 15.6 Å². The van der Waals surface area contributed by atoms with E-state index in [-0.39, 0.29) is 18.4 Å². The van der Waals surface area contributed by atoms with Gasteiger partial charge in [0.2, 0.25) is 5.91 Å². The Labute approximate surface area is 138 Å². The molecule has 0 atom stereocenters. The summed E-state index contributed by atoms with van der Waals surface area (Å²) < 4.78 is 0. The summed E-state index contributed by atoms with van der Waals surface area (Å²) in [7, 11) is 0. The first-order valence-corrected chi connectivity index (χ1v) is 8.29. The van der Waals surface area contributed by atoms with Crippen LogP contribution in [0.1, 0.15) is 23.2 Å². The molecule has 2 amide bonds. The van der Waals surface area contributed by atoms with Crippen molar-refractivity contribution in [2.45, 2.75) is 28.8 Å². The van der Waals surface area contributed by atoms with Crippen molar-refractivity contribution < 1.29 is 9.59 Å². The number of aromatic nitrogens is 1. The summed E-state index contributed by atoms with van der Waals surface area (Å²) in [5.74, 6) is -0.440. The molecule has 0 aliphatic heterocycles. The van der Waals surface area contributed by atoms with E-state index in [0.717, 1.165) is 17.7 Å². The highest BCUT2D eigenvalue weighted by molar-refractivity contribution is 7.99. The second-order valence-corrected chi connectivity index (χ2v) is 6.36. The molecular formula is C17H17N3O2S. The molecular weight excluding hydrogens is 310 g/mol. The van der Waals surface area contributed by atoms with Gasteiger partial charge in [-0.2, -0.15) is 0 Å². The molecule has 1 heterocycles. The molecule has 1 aromatic heterocycles. The predicted octanol–water partition coefficient (Wildman–Crippen LogP) is 2.24. The number of benzene rings is 1. The van der Waals surface area contributed by atoms with Crippen LogP contribution in [0.3, 0.4) is 0 Å². The predicted molar refractivity (Wildman–Crippen MR) is 88.3 cm³/mol. The minimum Gasteiger partial charge on any atom is -0.352 e. The number of hydrogen-bond acceptors (Lipinski definition) is 4. The van der Waals surface area contributed by atoms with E-state index >= 15 is 0 Å². The molecule has 1 aromatic carbocycles. The fraction of sp³-hybridized carbons (Fsp3) is 0.235. The number of carbonyl (C=O) groups excluding carboxylic acids is 2. The summed E-state index contributed by atoms with van der Waals surface area (Å²) in [6.45, 7) is -0.0142. The second kappa shape index (κ2) is 7.28. The number of hydrogen-bond donors (Lipinski definition) is 2. The maximum Gasteiger partial charge on any atom is 0.254 e. The Morgan fingerprint density at radius 1 is 1.13 bits per heavy atom. The lowest BCUT2D eigenvalue weighted by atomic mass is 10.2. The summed E-state index contributed by atoms with van der Waals surface area (Å²) in [5, 5.41) is 6.12. The average Bonchev–Trinajstić information content (AvgIpc) is 3.38. The first kappa shape index (κ1) is 15.6. The van der Waals surface area contributed by atoms with Crippen molar-refractivity contribution in [1.82, 2.24) is 15.6 Å². The third kappa shape index (κ3) is 4.56. The lowest BCUT2D eigenvalue weighted by Crippen LogP contribution is -2.38. The molecule has 2 aromatic rings. The van der Waals surface area contributed by atoms with Gasteiger partial charge in [-0.25, -0.2) is 4.98 Å². The van der Waals surface area contributed by atoms with Crippen LogP contribution in [0.25, 0.3) is 0 Å². The molecule has 6 heteroatoms. The number of carbonyl (C=O) groups is 2. The zero-order valence-corrected chi connectivity index (χ0v) is 13.3. The molecule has 2 N–H and O–H groups in total. The van der Waals surface area contributed by atoms with E-state index in [1.807, 2.05) is 30.3 Å². The van der Waals surface area contributed by atoms with Crippen LogP contribution in [0.5, 0.6) is 0 Å². The van der Waals surface area contributed by atoms with Gasteiger partial charge in [0, 0.05) is 17.1 Å². The second-order valence-electron chi connectivity index (χ2n) is 5.30. The Balaban J connectivity index is 1.64. The van der Waals surface area contributed by atoms with Crippen LogP contribution in [0.2, 0.25) is 0 Å². The summed E-state index contributed by atoms with van der Waals surface area (Å²) in [4.78, 5) is 29.3. The fourth-order valence-corrected chi connectivity index (χ4v) is 2.91. The molecule has 1 aliphatic rings. The zero-order valence-electron chi connectivity index (χ0n) is 12.5. The molecule has 23 heavy (non-hydrogen) atoms. The van der Waals surface area contributed by atoms with Crippen LogP contribution in [0, 0.1) is 0 Å². The van der Waals surface area contributed by atoms with E-state index in [1.54, 1.807) is 18.3 Å². The Kier molecular flexibility index (Phi) is 4.92. The molecule has 0 unspecified atom stereocenters. The third-order valence-corrected chi connectivity index (χ3v) is 4.35. The lowest BCUT2D eigenvalue weighted by Gasteiger charge is -2.09. The van der Waals surface area contributed by atoms with E-state index in [0.29, 0.717) is 16.6 Å². The van der Waals surface area contributed by atoms with Crippen molar-refractivity contribution in [3.8, 4) is 0 Å². The number of amides is 2. The van der Waals surface area contributed by atoms with Gasteiger partial charge in [0.25, 0.3) is 5.91 Å². The highest BCUT2D eigenvalue weighted by atomic mass is 32.2. The number of pyridine rings is 1. The van der Waals surface area contributed by atoms with E-state index in [1.165, 1.54) is 11.8 Å². The molecule has 0 saturated heterocycles. The standard InChI is InChI=1S/C17H17N3O2S/c21-15(20-12-8-9-12)11-19-16(22)14-7-4-10-18-17(14)23-13-5-2-1-3-6-13/h1-7,10,12H,8-9,11H2,(H,19,22)(H,20,21). The van der Waals surface area contributed by atoms with Crippen molar-refractivity contribution in [2.75, 3.05) is 6.54 Å². The summed E-state index contributed by atoms with van der Waals surface area (Å²) >= 11 is 1.42. The number of rotatable bonds is 6. The van der Waals surface area contributed by atoms with Crippen molar-refractivity contribution in [3.63, 3.8) is 0 Å². The average molecular weight is 327 g/mol. The topological polar surface area (TPSA) is 71.1 Å². The van der Waals surface area contributed by atoms with Gasteiger partial charge in [-0.05, 0) is 37.1 Å². The van der Waals surface area contributed by atoms with Gasteiger partial charge in [-0.1, -0.05) is 30.0 Å². The summed E-state index contributed by atoms with van der Waals surface area (Å²) in [5.41, 5.74) is 0.473. The molecule has 0 bridgehead atoms. The molecule has 118 valence electrons. The normalized spacial score (nSPS) is 13.4. The van der Waals surface area contributed by atoms with Crippen molar-refractivity contribution >= 4 is 23.6 Å². The SMILES string of the molecule is O=C(CNC(=O)c1cccnc1Sc1ccccc1)NC1CC1. The van der Waals surface area contributed by atoms with E-state index in [4.69, 9.17) is 0 Å². The highest BCUT2D eigenvalue weighted by Crippen LogP contribution is 2.28. The van der Waals surface area contributed by atoms with Crippen molar-refractivity contribution in [2.24, 2.45) is 0 Å². The van der Waals surface area contributed by atoms with Crippen LogP contribution < -0.4 is 10.6 Å². The van der Waals surface area contributed by atoms with Crippen LogP contribution in [0.4, 0.5) is 0 Å². The molecule has 0 spiro atoms. The van der Waals surface area contributed by atoms with Gasteiger partial charge in [-0.15, -0.1) is 0 Å². The first-order chi connectivity index (χ1) is 11.2. The van der Waals surface area contributed by atoms with Crippen LogP contribution in [-0.4, -0.2) is 29.4 Å². The van der Waals surface area contributed by atoms with Crippen LogP contribution in [0.15, 0.2) is 58.6 Å². The minimum absolute atomic E-state index is 0.0142. The molecule has 5 nitrogen and oxygen atoms in total. The Morgan fingerprint density at radius 3 is 2.65 bits per heavy atom. The Bertz CT molecular complexity index is 702. The third-order valence-electron chi connectivity index (χ3n) is 3.33. The lowest BCUT2D eigenvalue weighted by molar-refractivity contribution is -0.120. The van der Waals surface area contributed by atoms with Gasteiger partial charge < -0.3 is 10.6 Å². The van der Waals surface area contributed by atoms with Crippen molar-refractivity contribution in [1.29, 1.82) is 0 Å². The van der Waals surface area contributed by atoms with Crippen LogP contribution in [-0.2, 0) is 4.79 Å². The van der Waals surface area contributed by atoms with Gasteiger partial charge in [-0.3, -0.25) is 9.59 Å². The van der Waals surface area contributed by atoms with Crippen molar-refractivity contribution in [3.05, 3.63) is 54.2 Å². The Morgan fingerprint density at radius 2 is 1.91 bits per heavy atom. The first-order valence-electron chi connectivity index (χ1n) is 7.48. The largest absolute Gasteiger partial charge is 0.352 e. The smallest absolute Gasteiger partial charge is 0.254 e. The number of nitrogens with zero attached hydrogens (tertiary/aromatic N) is 1. The molecule has 1 saturated carbocycles. The molecule has 1 aliphatic carbocycles. The molecule has 3 rings (SSSR count). The molecule has 1 fully saturated rings. The highest BCUT2D eigenvalue weighted by Gasteiger charge is 2.23. The quantitative estimate of drug-likeness (QED) is 0.853. The fourth-order valence-electron chi connectivity index (χ4n) is 2.01. The van der Waals surface area contributed by atoms with Gasteiger partial charge >= 0.3 is 0 Å².